The number of halogens is 2. The first-order valence-corrected chi connectivity index (χ1v) is 7.95. The van der Waals surface area contributed by atoms with E-state index in [1.165, 1.54) is 16.7 Å². The van der Waals surface area contributed by atoms with E-state index < -0.39 is 5.82 Å². The Labute approximate surface area is 150 Å². The zero-order valence-electron chi connectivity index (χ0n) is 13.1. The van der Waals surface area contributed by atoms with Gasteiger partial charge in [-0.05, 0) is 36.4 Å². The van der Waals surface area contributed by atoms with Crippen LogP contribution in [0.5, 0.6) is 0 Å². The van der Waals surface area contributed by atoms with Gasteiger partial charge in [0.15, 0.2) is 0 Å². The average molecular weight is 399 g/mol. The van der Waals surface area contributed by atoms with Gasteiger partial charge in [0.25, 0.3) is 0 Å². The number of anilines is 2. The molecule has 0 fully saturated rings. The number of rotatable bonds is 3. The number of hydrogen-bond donors (Lipinski definition) is 2. The van der Waals surface area contributed by atoms with Crippen molar-refractivity contribution in [3.8, 4) is 6.07 Å². The van der Waals surface area contributed by atoms with Crippen LogP contribution in [0.2, 0.25) is 0 Å². The summed E-state index contributed by atoms with van der Waals surface area (Å²) < 4.78 is 15.6. The van der Waals surface area contributed by atoms with Crippen molar-refractivity contribution >= 4 is 44.7 Å². The maximum absolute atomic E-state index is 13.7. The van der Waals surface area contributed by atoms with Crippen molar-refractivity contribution in [3.05, 3.63) is 57.9 Å². The first kappa shape index (κ1) is 16.8. The van der Waals surface area contributed by atoms with Crippen molar-refractivity contribution in [2.75, 3.05) is 11.9 Å². The molecule has 0 radical (unpaired) electrons. The molecule has 1 heterocycles. The number of nitrogens with one attached hydrogen (secondary N) is 2. The maximum Gasteiger partial charge on any atom is 0.229 e. The van der Waals surface area contributed by atoms with Crippen LogP contribution in [0.15, 0.2) is 40.9 Å². The smallest absolute Gasteiger partial charge is 0.229 e. The number of benzene rings is 2. The van der Waals surface area contributed by atoms with E-state index in [2.05, 4.69) is 20.9 Å². The molecule has 124 valence electrons. The average Bonchev–Trinajstić information content (AvgIpc) is 2.59. The minimum absolute atomic E-state index is 0.157. The van der Waals surface area contributed by atoms with Crippen molar-refractivity contribution < 1.29 is 4.39 Å². The van der Waals surface area contributed by atoms with Crippen LogP contribution in [0, 0.1) is 28.0 Å². The molecule has 0 atom stereocenters. The third kappa shape index (κ3) is 3.02. The van der Waals surface area contributed by atoms with Crippen LogP contribution in [-0.2, 0) is 0 Å². The second kappa shape index (κ2) is 6.45. The predicted molar refractivity (Wildman–Crippen MR) is 96.6 cm³/mol. The minimum atomic E-state index is -0.399. The Bertz CT molecular complexity index is 1080. The van der Waals surface area contributed by atoms with Gasteiger partial charge in [-0.3, -0.25) is 15.4 Å². The topological polar surface area (TPSA) is 92.6 Å². The number of nitrogens with zero attached hydrogens (tertiary/aromatic N) is 4. The molecular weight excluding hydrogens is 387 g/mol. The predicted octanol–water partition coefficient (Wildman–Crippen LogP) is 3.51. The molecular formula is C17H12BrFN6. The lowest BCUT2D eigenvalue weighted by molar-refractivity contribution is 0.627. The summed E-state index contributed by atoms with van der Waals surface area (Å²) in [4.78, 5) is 5.91. The van der Waals surface area contributed by atoms with Crippen LogP contribution in [-0.4, -0.2) is 22.9 Å². The van der Waals surface area contributed by atoms with Crippen molar-refractivity contribution in [1.29, 1.82) is 16.1 Å². The zero-order chi connectivity index (χ0) is 18.1. The third-order valence-electron chi connectivity index (χ3n) is 3.75. The van der Waals surface area contributed by atoms with Gasteiger partial charge in [-0.25, -0.2) is 4.39 Å². The van der Waals surface area contributed by atoms with Gasteiger partial charge in [0.2, 0.25) is 5.62 Å². The number of nitriles is 1. The lowest BCUT2D eigenvalue weighted by Crippen LogP contribution is -2.26. The fourth-order valence-electron chi connectivity index (χ4n) is 2.56. The van der Waals surface area contributed by atoms with Crippen LogP contribution >= 0.6 is 15.9 Å². The van der Waals surface area contributed by atoms with Gasteiger partial charge >= 0.3 is 0 Å². The van der Waals surface area contributed by atoms with Crippen molar-refractivity contribution in [2.45, 2.75) is 0 Å². The Balaban J connectivity index is 2.31. The van der Waals surface area contributed by atoms with Gasteiger partial charge in [-0.15, -0.1) is 0 Å². The Hall–Kier alpha value is -3.05. The molecule has 1 aromatic heterocycles. The van der Waals surface area contributed by atoms with Crippen molar-refractivity contribution in [3.63, 3.8) is 0 Å². The second-order valence-corrected chi connectivity index (χ2v) is 6.20. The Morgan fingerprint density at radius 1 is 1.32 bits per heavy atom. The summed E-state index contributed by atoms with van der Waals surface area (Å²) in [7, 11) is 1.72. The van der Waals surface area contributed by atoms with Crippen LogP contribution < -0.4 is 10.5 Å². The van der Waals surface area contributed by atoms with Gasteiger partial charge in [-0.1, -0.05) is 15.9 Å². The van der Waals surface area contributed by atoms with Crippen LogP contribution in [0.1, 0.15) is 5.56 Å². The fraction of sp³-hybridized carbons (Fsp3) is 0.0588. The Kier molecular flexibility index (Phi) is 4.33. The van der Waals surface area contributed by atoms with E-state index in [4.69, 9.17) is 16.1 Å². The lowest BCUT2D eigenvalue weighted by atomic mass is 10.1. The molecule has 25 heavy (non-hydrogen) atoms. The van der Waals surface area contributed by atoms with Gasteiger partial charge < -0.3 is 4.90 Å². The van der Waals surface area contributed by atoms with Crippen molar-refractivity contribution in [2.24, 2.45) is 0 Å². The molecule has 6 nitrogen and oxygen atoms in total. The lowest BCUT2D eigenvalue weighted by Gasteiger charge is -2.21. The first-order chi connectivity index (χ1) is 11.9. The van der Waals surface area contributed by atoms with E-state index in [0.717, 1.165) is 6.34 Å². The summed E-state index contributed by atoms with van der Waals surface area (Å²) in [5, 5.41) is 25.3. The number of hydrogen-bond acceptors (Lipinski definition) is 5. The number of aromatic nitrogens is 2. The van der Waals surface area contributed by atoms with E-state index >= 15 is 0 Å². The quantitative estimate of drug-likeness (QED) is 0.522. The summed E-state index contributed by atoms with van der Waals surface area (Å²) >= 11 is 3.27. The highest BCUT2D eigenvalue weighted by molar-refractivity contribution is 9.10. The molecule has 0 aliphatic rings. The fourth-order valence-corrected chi connectivity index (χ4v) is 3.01. The van der Waals surface area contributed by atoms with E-state index in [1.807, 2.05) is 6.07 Å². The Morgan fingerprint density at radius 2 is 2.08 bits per heavy atom. The SMILES string of the molecule is CN(c1cc(F)cc(Br)c1)c1nc(=N)n(C=N)c2cc(C#N)ccc12. The minimum Gasteiger partial charge on any atom is -0.329 e. The molecule has 2 aromatic carbocycles. The largest absolute Gasteiger partial charge is 0.329 e. The molecule has 0 aliphatic heterocycles. The normalized spacial score (nSPS) is 10.5. The molecule has 0 saturated carbocycles. The first-order valence-electron chi connectivity index (χ1n) is 7.16. The monoisotopic (exact) mass is 398 g/mol. The highest BCUT2D eigenvalue weighted by Crippen LogP contribution is 2.30. The van der Waals surface area contributed by atoms with Crippen molar-refractivity contribution in [1.82, 2.24) is 9.55 Å². The van der Waals surface area contributed by atoms with Gasteiger partial charge in [0.05, 0.1) is 23.5 Å². The molecule has 2 N–H and O–H groups in total. The molecule has 0 amide bonds. The zero-order valence-corrected chi connectivity index (χ0v) is 14.7. The summed E-state index contributed by atoms with van der Waals surface area (Å²) in [5.74, 6) is 0.0315. The van der Waals surface area contributed by atoms with E-state index in [1.54, 1.807) is 36.2 Å². The van der Waals surface area contributed by atoms with E-state index in [-0.39, 0.29) is 5.62 Å². The molecule has 8 heteroatoms. The van der Waals surface area contributed by atoms with Crippen LogP contribution in [0.25, 0.3) is 10.9 Å². The van der Waals surface area contributed by atoms with Crippen LogP contribution in [0.3, 0.4) is 0 Å². The molecule has 0 spiro atoms. The summed E-state index contributed by atoms with van der Waals surface area (Å²) in [6, 6.07) is 11.4. The van der Waals surface area contributed by atoms with E-state index in [9.17, 15) is 4.39 Å². The van der Waals surface area contributed by atoms with Crippen LogP contribution in [0.4, 0.5) is 15.9 Å². The summed E-state index contributed by atoms with van der Waals surface area (Å²) in [6.45, 7) is 0. The standard InChI is InChI=1S/C17H12BrFN6/c1-24(13-6-11(18)5-12(19)7-13)16-14-3-2-10(8-20)4-15(14)25(9-21)17(22)23-16/h2-7,9,21-22H,1H3. The molecule has 0 bridgehead atoms. The summed E-state index contributed by atoms with van der Waals surface area (Å²) in [6.07, 6.45) is 0.974. The highest BCUT2D eigenvalue weighted by Gasteiger charge is 2.15. The highest BCUT2D eigenvalue weighted by atomic mass is 79.9. The molecule has 0 unspecified atom stereocenters. The third-order valence-corrected chi connectivity index (χ3v) is 4.21. The Morgan fingerprint density at radius 3 is 2.72 bits per heavy atom. The van der Waals surface area contributed by atoms with Gasteiger partial charge in [0.1, 0.15) is 11.6 Å². The molecule has 3 rings (SSSR count). The molecule has 3 aromatic rings. The van der Waals surface area contributed by atoms with Gasteiger partial charge in [0, 0.05) is 22.6 Å². The molecule has 0 aliphatic carbocycles. The second-order valence-electron chi connectivity index (χ2n) is 5.29. The van der Waals surface area contributed by atoms with Gasteiger partial charge in [-0.2, -0.15) is 10.2 Å². The number of fused-ring (bicyclic) bond motifs is 1. The maximum atomic E-state index is 13.7. The molecule has 0 saturated heterocycles. The summed E-state index contributed by atoms with van der Waals surface area (Å²) in [5.41, 5.74) is 1.31. The van der Waals surface area contributed by atoms with E-state index in [0.29, 0.717) is 32.4 Å².